The number of fused-ring (bicyclic) bond motifs is 1. The molecule has 1 amide bonds. The third-order valence-corrected chi connectivity index (χ3v) is 3.10. The summed E-state index contributed by atoms with van der Waals surface area (Å²) in [6.45, 7) is 1.74. The van der Waals surface area contributed by atoms with Gasteiger partial charge in [-0.2, -0.15) is 5.10 Å². The molecule has 0 saturated heterocycles. The number of hydrogen-bond acceptors (Lipinski definition) is 4. The monoisotopic (exact) mass is 277 g/mol. The van der Waals surface area contributed by atoms with Gasteiger partial charge in [-0.3, -0.25) is 9.78 Å². The van der Waals surface area contributed by atoms with Crippen LogP contribution in [0.4, 0.5) is 11.5 Å². The second-order valence-corrected chi connectivity index (χ2v) is 4.69. The van der Waals surface area contributed by atoms with E-state index in [0.717, 1.165) is 25.3 Å². The fourth-order valence-corrected chi connectivity index (χ4v) is 2.17. The Hall–Kier alpha value is -2.08. The van der Waals surface area contributed by atoms with Crippen molar-refractivity contribution < 1.29 is 4.79 Å². The number of nitrogens with zero attached hydrogens (tertiary/aromatic N) is 3. The van der Waals surface area contributed by atoms with Crippen LogP contribution in [0, 0.1) is 0 Å². The average molecular weight is 278 g/mol. The lowest BCUT2D eigenvalue weighted by Gasteiger charge is -2.17. The zero-order chi connectivity index (χ0) is 13.2. The van der Waals surface area contributed by atoms with Crippen molar-refractivity contribution in [3.8, 4) is 0 Å². The van der Waals surface area contributed by atoms with Crippen LogP contribution in [0.5, 0.6) is 0 Å². The van der Waals surface area contributed by atoms with Gasteiger partial charge in [0.2, 0.25) is 0 Å². The molecule has 2 N–H and O–H groups in total. The zero-order valence-electron chi connectivity index (χ0n) is 10.1. The van der Waals surface area contributed by atoms with E-state index >= 15 is 0 Å². The summed E-state index contributed by atoms with van der Waals surface area (Å²) >= 11 is 5.81. The first-order chi connectivity index (χ1) is 9.24. The average Bonchev–Trinajstić information content (AvgIpc) is 2.82. The third-order valence-electron chi connectivity index (χ3n) is 2.89. The maximum Gasteiger partial charge on any atom is 0.257 e. The van der Waals surface area contributed by atoms with Gasteiger partial charge in [-0.05, 0) is 12.5 Å². The standard InChI is InChI=1S/C12H12ClN5O/c13-9-4-8(5-14-6-9)12(19)17-10-7-16-18-3-1-2-15-11(10)18/h4-7,15H,1-3H2,(H,17,19). The summed E-state index contributed by atoms with van der Waals surface area (Å²) in [5, 5.41) is 10.7. The van der Waals surface area contributed by atoms with Gasteiger partial charge >= 0.3 is 0 Å². The molecule has 2 aromatic rings. The van der Waals surface area contributed by atoms with Crippen LogP contribution in [-0.4, -0.2) is 27.2 Å². The number of anilines is 2. The van der Waals surface area contributed by atoms with Crippen molar-refractivity contribution in [3.05, 3.63) is 35.2 Å². The minimum absolute atomic E-state index is 0.252. The van der Waals surface area contributed by atoms with Crippen LogP contribution in [-0.2, 0) is 6.54 Å². The Bertz CT molecular complexity index is 624. The summed E-state index contributed by atoms with van der Waals surface area (Å²) < 4.78 is 1.84. The molecule has 0 bridgehead atoms. The molecule has 19 heavy (non-hydrogen) atoms. The normalized spacial score (nSPS) is 13.5. The molecule has 0 aliphatic carbocycles. The Morgan fingerprint density at radius 3 is 3.16 bits per heavy atom. The first-order valence-corrected chi connectivity index (χ1v) is 6.33. The van der Waals surface area contributed by atoms with Crippen molar-refractivity contribution >= 4 is 29.0 Å². The molecule has 3 rings (SSSR count). The van der Waals surface area contributed by atoms with Crippen LogP contribution in [0.15, 0.2) is 24.7 Å². The van der Waals surface area contributed by atoms with Gasteiger partial charge in [-0.1, -0.05) is 11.6 Å². The molecule has 1 aliphatic heterocycles. The highest BCUT2D eigenvalue weighted by Crippen LogP contribution is 2.24. The maximum absolute atomic E-state index is 12.1. The van der Waals surface area contributed by atoms with E-state index < -0.39 is 0 Å². The summed E-state index contributed by atoms with van der Waals surface area (Å²) in [5.74, 6) is 0.591. The first kappa shape index (κ1) is 12.0. The molecule has 0 aromatic carbocycles. The lowest BCUT2D eigenvalue weighted by molar-refractivity contribution is 0.102. The lowest BCUT2D eigenvalue weighted by Crippen LogP contribution is -2.19. The van der Waals surface area contributed by atoms with Gasteiger partial charge in [-0.15, -0.1) is 0 Å². The number of aryl methyl sites for hydroxylation is 1. The molecule has 0 atom stereocenters. The molecule has 2 aromatic heterocycles. The van der Waals surface area contributed by atoms with E-state index in [2.05, 4.69) is 20.7 Å². The quantitative estimate of drug-likeness (QED) is 0.881. The topological polar surface area (TPSA) is 71.8 Å². The van der Waals surface area contributed by atoms with Crippen molar-refractivity contribution in [1.82, 2.24) is 14.8 Å². The Kier molecular flexibility index (Phi) is 3.08. The van der Waals surface area contributed by atoms with E-state index in [9.17, 15) is 4.79 Å². The van der Waals surface area contributed by atoms with Crippen molar-refractivity contribution in [3.63, 3.8) is 0 Å². The summed E-state index contributed by atoms with van der Waals surface area (Å²) in [5.41, 5.74) is 1.09. The van der Waals surface area contributed by atoms with Crippen LogP contribution in [0.1, 0.15) is 16.8 Å². The predicted molar refractivity (Wildman–Crippen MR) is 72.5 cm³/mol. The van der Waals surface area contributed by atoms with Gasteiger partial charge in [0, 0.05) is 25.5 Å². The van der Waals surface area contributed by atoms with Gasteiger partial charge in [0.25, 0.3) is 5.91 Å². The second kappa shape index (κ2) is 4.89. The second-order valence-electron chi connectivity index (χ2n) is 4.26. The van der Waals surface area contributed by atoms with Gasteiger partial charge in [0.05, 0.1) is 16.8 Å². The molecule has 0 fully saturated rings. The van der Waals surface area contributed by atoms with Crippen molar-refractivity contribution in [2.45, 2.75) is 13.0 Å². The zero-order valence-corrected chi connectivity index (χ0v) is 10.8. The number of amides is 1. The number of nitrogens with one attached hydrogen (secondary N) is 2. The van der Waals surface area contributed by atoms with Crippen LogP contribution < -0.4 is 10.6 Å². The van der Waals surface area contributed by atoms with Crippen molar-refractivity contribution in [2.75, 3.05) is 17.2 Å². The molecular weight excluding hydrogens is 266 g/mol. The smallest absolute Gasteiger partial charge is 0.257 e. The molecule has 6 nitrogen and oxygen atoms in total. The number of pyridine rings is 1. The van der Waals surface area contributed by atoms with Crippen LogP contribution in [0.2, 0.25) is 5.02 Å². The SMILES string of the molecule is O=C(Nc1cnn2c1NCCC2)c1cncc(Cl)c1. The van der Waals surface area contributed by atoms with E-state index in [0.29, 0.717) is 16.3 Å². The molecule has 98 valence electrons. The summed E-state index contributed by atoms with van der Waals surface area (Å²) in [4.78, 5) is 16.0. The number of halogens is 1. The van der Waals surface area contributed by atoms with Crippen LogP contribution in [0.3, 0.4) is 0 Å². The Morgan fingerprint density at radius 1 is 1.42 bits per heavy atom. The number of rotatable bonds is 2. The predicted octanol–water partition coefficient (Wildman–Crippen LogP) is 2.00. The summed E-state index contributed by atoms with van der Waals surface area (Å²) in [6, 6.07) is 1.58. The van der Waals surface area contributed by atoms with Crippen molar-refractivity contribution in [1.29, 1.82) is 0 Å². The Labute approximate surface area is 114 Å². The van der Waals surface area contributed by atoms with Gasteiger partial charge < -0.3 is 10.6 Å². The Balaban J connectivity index is 1.82. The number of carbonyl (C=O) groups is 1. The largest absolute Gasteiger partial charge is 0.368 e. The highest BCUT2D eigenvalue weighted by atomic mass is 35.5. The van der Waals surface area contributed by atoms with Gasteiger partial charge in [0.15, 0.2) is 0 Å². The number of hydrogen-bond donors (Lipinski definition) is 2. The maximum atomic E-state index is 12.1. The molecule has 3 heterocycles. The van der Waals surface area contributed by atoms with Crippen LogP contribution in [0.25, 0.3) is 0 Å². The van der Waals surface area contributed by atoms with Crippen LogP contribution >= 0.6 is 11.6 Å². The summed E-state index contributed by atoms with van der Waals surface area (Å²) in [7, 11) is 0. The molecule has 0 spiro atoms. The minimum atomic E-state index is -0.252. The highest BCUT2D eigenvalue weighted by Gasteiger charge is 2.16. The fourth-order valence-electron chi connectivity index (χ4n) is 2.00. The van der Waals surface area contributed by atoms with E-state index in [1.165, 1.54) is 12.4 Å². The molecular formula is C12H12ClN5O. The molecule has 0 radical (unpaired) electrons. The Morgan fingerprint density at radius 2 is 2.32 bits per heavy atom. The third kappa shape index (κ3) is 2.39. The highest BCUT2D eigenvalue weighted by molar-refractivity contribution is 6.30. The van der Waals surface area contributed by atoms with Crippen molar-refractivity contribution in [2.24, 2.45) is 0 Å². The fraction of sp³-hybridized carbons (Fsp3) is 0.250. The minimum Gasteiger partial charge on any atom is -0.368 e. The van der Waals surface area contributed by atoms with E-state index in [-0.39, 0.29) is 5.91 Å². The first-order valence-electron chi connectivity index (χ1n) is 5.95. The molecule has 0 unspecified atom stereocenters. The van der Waals surface area contributed by atoms with E-state index in [1.54, 1.807) is 12.3 Å². The lowest BCUT2D eigenvalue weighted by atomic mass is 10.2. The van der Waals surface area contributed by atoms with Gasteiger partial charge in [-0.25, -0.2) is 4.68 Å². The summed E-state index contributed by atoms with van der Waals surface area (Å²) in [6.07, 6.45) is 5.64. The molecule has 0 saturated carbocycles. The van der Waals surface area contributed by atoms with E-state index in [4.69, 9.17) is 11.6 Å². The van der Waals surface area contributed by atoms with E-state index in [1.807, 2.05) is 4.68 Å². The number of carbonyl (C=O) groups excluding carboxylic acids is 1. The molecule has 7 heteroatoms. The molecule has 1 aliphatic rings. The number of aromatic nitrogens is 3. The van der Waals surface area contributed by atoms with Gasteiger partial charge in [0.1, 0.15) is 11.5 Å².